The molecule has 0 heterocycles. The van der Waals surface area contributed by atoms with Gasteiger partial charge in [-0.1, -0.05) is 23.8 Å². The monoisotopic (exact) mass is 158 g/mol. The zero-order valence-electron chi connectivity index (χ0n) is 5.64. The van der Waals surface area contributed by atoms with Crippen LogP contribution in [0.2, 0.25) is 0 Å². The Hall–Kier alpha value is -0.560. The summed E-state index contributed by atoms with van der Waals surface area (Å²) in [5, 5.41) is 0.252. The van der Waals surface area contributed by atoms with Gasteiger partial charge in [0, 0.05) is 0 Å². The molecule has 0 N–H and O–H groups in total. The highest BCUT2D eigenvalue weighted by molar-refractivity contribution is 6.30. The maximum absolute atomic E-state index is 12.7. The third-order valence-corrected chi connectivity index (χ3v) is 1.59. The lowest BCUT2D eigenvalue weighted by Crippen LogP contribution is -1.92. The number of halogens is 2. The Balaban J connectivity index is 2.90. The van der Waals surface area contributed by atoms with Gasteiger partial charge in [0.15, 0.2) is 6.17 Å². The normalized spacial score (nSPS) is 25.3. The third-order valence-electron chi connectivity index (χ3n) is 1.27. The molecule has 1 unspecified atom stereocenters. The van der Waals surface area contributed by atoms with Gasteiger partial charge in [-0.15, -0.1) is 0 Å². The van der Waals surface area contributed by atoms with Crippen LogP contribution in [0.1, 0.15) is 6.92 Å². The van der Waals surface area contributed by atoms with Crippen molar-refractivity contribution in [3.63, 3.8) is 0 Å². The van der Waals surface area contributed by atoms with Crippen molar-refractivity contribution in [2.45, 2.75) is 13.1 Å². The Labute approximate surface area is 64.7 Å². The molecule has 0 radical (unpaired) electrons. The van der Waals surface area contributed by atoms with E-state index in [0.29, 0.717) is 0 Å². The van der Waals surface area contributed by atoms with Gasteiger partial charge in [0.2, 0.25) is 0 Å². The fraction of sp³-hybridized carbons (Fsp3) is 0.250. The predicted molar refractivity (Wildman–Crippen MR) is 41.7 cm³/mol. The summed E-state index contributed by atoms with van der Waals surface area (Å²) in [6.07, 6.45) is 5.42. The van der Waals surface area contributed by atoms with Crippen LogP contribution in [-0.2, 0) is 0 Å². The number of hydrogen-bond acceptors (Lipinski definition) is 0. The summed E-state index contributed by atoms with van der Waals surface area (Å²) in [4.78, 5) is 0. The second-order valence-corrected chi connectivity index (χ2v) is 2.66. The summed E-state index contributed by atoms with van der Waals surface area (Å²) in [7, 11) is 0. The molecular formula is C8H8ClF. The molecule has 0 aliphatic heterocycles. The summed E-state index contributed by atoms with van der Waals surface area (Å²) in [6, 6.07) is 0. The lowest BCUT2D eigenvalue weighted by molar-refractivity contribution is 0.463. The Bertz CT molecular complexity index is 213. The average molecular weight is 159 g/mol. The van der Waals surface area contributed by atoms with Crippen molar-refractivity contribution in [2.24, 2.45) is 0 Å². The van der Waals surface area contributed by atoms with Crippen LogP contribution in [0.4, 0.5) is 4.39 Å². The van der Waals surface area contributed by atoms with Crippen molar-refractivity contribution < 1.29 is 4.39 Å². The summed E-state index contributed by atoms with van der Waals surface area (Å²) in [5.74, 6) is 0. The molecule has 0 nitrogen and oxygen atoms in total. The molecule has 54 valence electrons. The number of hydrogen-bond donors (Lipinski definition) is 0. The van der Waals surface area contributed by atoms with Crippen LogP contribution in [0, 0.1) is 0 Å². The standard InChI is InChI=1S/C8H8ClF/c1-6-3-2-4-8(10)7(9)5-6/h2-5,8H,1H3. The van der Waals surface area contributed by atoms with Gasteiger partial charge in [-0.3, -0.25) is 0 Å². The maximum atomic E-state index is 12.7. The van der Waals surface area contributed by atoms with Gasteiger partial charge in [0.25, 0.3) is 0 Å². The molecule has 10 heavy (non-hydrogen) atoms. The summed E-state index contributed by atoms with van der Waals surface area (Å²) < 4.78 is 12.7. The first kappa shape index (κ1) is 7.55. The first-order valence-electron chi connectivity index (χ1n) is 3.06. The quantitative estimate of drug-likeness (QED) is 0.509. The van der Waals surface area contributed by atoms with Gasteiger partial charge in [-0.25, -0.2) is 4.39 Å². The van der Waals surface area contributed by atoms with Crippen molar-refractivity contribution in [1.82, 2.24) is 0 Å². The van der Waals surface area contributed by atoms with E-state index in [1.54, 1.807) is 12.2 Å². The summed E-state index contributed by atoms with van der Waals surface area (Å²) in [6.45, 7) is 1.88. The van der Waals surface area contributed by atoms with E-state index in [1.807, 2.05) is 13.0 Å². The lowest BCUT2D eigenvalue weighted by atomic mass is 10.3. The smallest absolute Gasteiger partial charge is 0.154 e. The van der Waals surface area contributed by atoms with E-state index < -0.39 is 6.17 Å². The van der Waals surface area contributed by atoms with Crippen LogP contribution in [-0.4, -0.2) is 6.17 Å². The highest BCUT2D eigenvalue weighted by atomic mass is 35.5. The van der Waals surface area contributed by atoms with Crippen LogP contribution < -0.4 is 0 Å². The van der Waals surface area contributed by atoms with E-state index in [1.165, 1.54) is 6.08 Å². The van der Waals surface area contributed by atoms with E-state index in [0.717, 1.165) is 5.57 Å². The molecule has 0 saturated carbocycles. The van der Waals surface area contributed by atoms with Gasteiger partial charge < -0.3 is 0 Å². The van der Waals surface area contributed by atoms with E-state index >= 15 is 0 Å². The highest BCUT2D eigenvalue weighted by Gasteiger charge is 2.07. The molecule has 0 aromatic heterocycles. The minimum atomic E-state index is -1.13. The molecule has 0 bridgehead atoms. The minimum Gasteiger partial charge on any atom is -0.237 e. The summed E-state index contributed by atoms with van der Waals surface area (Å²) >= 11 is 5.56. The molecule has 1 atom stereocenters. The van der Waals surface area contributed by atoms with E-state index in [9.17, 15) is 4.39 Å². The van der Waals surface area contributed by atoms with Gasteiger partial charge in [0.1, 0.15) is 0 Å². The van der Waals surface area contributed by atoms with Crippen LogP contribution in [0.15, 0.2) is 34.9 Å². The predicted octanol–water partition coefficient (Wildman–Crippen LogP) is 2.96. The Morgan fingerprint density at radius 2 is 2.30 bits per heavy atom. The SMILES string of the molecule is CC1=CC=CC(F)C(Cl)=C1. The molecule has 1 rings (SSSR count). The highest BCUT2D eigenvalue weighted by Crippen LogP contribution is 2.18. The average Bonchev–Trinajstić information content (AvgIpc) is 1.96. The van der Waals surface area contributed by atoms with Gasteiger partial charge >= 0.3 is 0 Å². The zero-order valence-corrected chi connectivity index (χ0v) is 6.40. The van der Waals surface area contributed by atoms with Crippen molar-refractivity contribution in [1.29, 1.82) is 0 Å². The molecule has 0 saturated heterocycles. The van der Waals surface area contributed by atoms with Gasteiger partial charge in [-0.2, -0.15) is 0 Å². The second kappa shape index (κ2) is 3.02. The zero-order chi connectivity index (χ0) is 7.56. The molecule has 0 aromatic carbocycles. The van der Waals surface area contributed by atoms with Crippen molar-refractivity contribution in [2.75, 3.05) is 0 Å². The molecule has 0 spiro atoms. The second-order valence-electron chi connectivity index (χ2n) is 2.23. The van der Waals surface area contributed by atoms with Gasteiger partial charge in [0.05, 0.1) is 5.03 Å². The Kier molecular flexibility index (Phi) is 2.28. The number of rotatable bonds is 0. The summed E-state index contributed by atoms with van der Waals surface area (Å²) in [5.41, 5.74) is 0.974. The first-order chi connectivity index (χ1) is 4.70. The van der Waals surface area contributed by atoms with Gasteiger partial charge in [-0.05, 0) is 24.6 Å². The molecule has 1 aliphatic rings. The van der Waals surface area contributed by atoms with E-state index in [-0.39, 0.29) is 5.03 Å². The van der Waals surface area contributed by atoms with Crippen molar-refractivity contribution in [3.8, 4) is 0 Å². The fourth-order valence-corrected chi connectivity index (χ4v) is 0.987. The van der Waals surface area contributed by atoms with Crippen LogP contribution in [0.25, 0.3) is 0 Å². The minimum absolute atomic E-state index is 0.252. The molecular weight excluding hydrogens is 151 g/mol. The molecule has 1 aliphatic carbocycles. The van der Waals surface area contributed by atoms with Crippen LogP contribution in [0.5, 0.6) is 0 Å². The molecule has 0 fully saturated rings. The maximum Gasteiger partial charge on any atom is 0.154 e. The number of alkyl halides is 1. The Morgan fingerprint density at radius 3 is 3.00 bits per heavy atom. The van der Waals surface area contributed by atoms with Crippen molar-refractivity contribution in [3.05, 3.63) is 34.9 Å². The van der Waals surface area contributed by atoms with Crippen molar-refractivity contribution >= 4 is 11.6 Å². The molecule has 0 amide bonds. The Morgan fingerprint density at radius 1 is 1.60 bits per heavy atom. The lowest BCUT2D eigenvalue weighted by Gasteiger charge is -1.96. The van der Waals surface area contributed by atoms with E-state index in [4.69, 9.17) is 11.6 Å². The fourth-order valence-electron chi connectivity index (χ4n) is 0.742. The largest absolute Gasteiger partial charge is 0.237 e. The number of allylic oxidation sites excluding steroid dienone is 6. The topological polar surface area (TPSA) is 0 Å². The van der Waals surface area contributed by atoms with Crippen LogP contribution in [0.3, 0.4) is 0 Å². The molecule has 0 aromatic rings. The van der Waals surface area contributed by atoms with Crippen LogP contribution >= 0.6 is 11.6 Å². The molecule has 2 heteroatoms. The third kappa shape index (κ3) is 1.71. The first-order valence-corrected chi connectivity index (χ1v) is 3.44. The van der Waals surface area contributed by atoms with E-state index in [2.05, 4.69) is 0 Å².